The van der Waals surface area contributed by atoms with Crippen LogP contribution in [-0.4, -0.2) is 18.4 Å². The number of rotatable bonds is 6. The van der Waals surface area contributed by atoms with Crippen LogP contribution in [0.15, 0.2) is 12.2 Å². The van der Waals surface area contributed by atoms with Gasteiger partial charge in [-0.1, -0.05) is 31.9 Å². The molecule has 0 spiro atoms. The maximum atomic E-state index is 11.1. The van der Waals surface area contributed by atoms with E-state index in [2.05, 4.69) is 6.92 Å². The molecular weight excluding hydrogens is 204 g/mol. The Balaban J connectivity index is 3.47. The largest absolute Gasteiger partial charge is 0.509 e. The highest BCUT2D eigenvalue weighted by Crippen LogP contribution is 2.08. The monoisotopic (exact) mass is 228 g/mol. The number of hydrogen-bond donors (Lipinski definition) is 0. The van der Waals surface area contributed by atoms with Crippen LogP contribution in [0, 0.1) is 0 Å². The molecule has 0 aromatic heterocycles. The van der Waals surface area contributed by atoms with Crippen LogP contribution in [0.1, 0.15) is 53.4 Å². The highest BCUT2D eigenvalue weighted by Gasteiger charge is 2.16. The Morgan fingerprint density at radius 2 is 1.88 bits per heavy atom. The molecule has 0 N–H and O–H groups in total. The zero-order chi connectivity index (χ0) is 12.4. The van der Waals surface area contributed by atoms with E-state index in [-0.39, 0.29) is 0 Å². The van der Waals surface area contributed by atoms with E-state index < -0.39 is 11.8 Å². The Labute approximate surface area is 98.8 Å². The van der Waals surface area contributed by atoms with Gasteiger partial charge in [0.1, 0.15) is 12.2 Å². The molecule has 0 heterocycles. The first-order valence-corrected chi connectivity index (χ1v) is 5.96. The molecule has 0 radical (unpaired) electrons. The fourth-order valence-corrected chi connectivity index (χ4v) is 1.09. The predicted molar refractivity (Wildman–Crippen MR) is 65.5 cm³/mol. The van der Waals surface area contributed by atoms with Gasteiger partial charge in [-0.2, -0.15) is 0 Å². The molecule has 3 nitrogen and oxygen atoms in total. The van der Waals surface area contributed by atoms with Crippen LogP contribution in [0.3, 0.4) is 0 Å². The summed E-state index contributed by atoms with van der Waals surface area (Å²) in [5.74, 6) is 0. The normalized spacial score (nSPS) is 11.8. The van der Waals surface area contributed by atoms with E-state index in [1.54, 1.807) is 0 Å². The highest BCUT2D eigenvalue weighted by atomic mass is 16.7. The number of unbranched alkanes of at least 4 members (excludes halogenated alkanes) is 3. The first-order chi connectivity index (χ1) is 7.45. The highest BCUT2D eigenvalue weighted by molar-refractivity contribution is 5.60. The van der Waals surface area contributed by atoms with Crippen molar-refractivity contribution in [2.45, 2.75) is 59.0 Å². The third kappa shape index (κ3) is 11.1. The molecule has 0 unspecified atom stereocenters. The van der Waals surface area contributed by atoms with Crippen LogP contribution in [0.2, 0.25) is 0 Å². The van der Waals surface area contributed by atoms with Crippen molar-refractivity contribution in [2.75, 3.05) is 6.61 Å². The molecule has 0 aromatic carbocycles. The van der Waals surface area contributed by atoms with Crippen LogP contribution in [0.5, 0.6) is 0 Å². The average Bonchev–Trinajstić information content (AvgIpc) is 2.13. The summed E-state index contributed by atoms with van der Waals surface area (Å²) in [6.45, 7) is 7.91. The van der Waals surface area contributed by atoms with Gasteiger partial charge in [-0.25, -0.2) is 4.79 Å². The Hall–Kier alpha value is -0.990. The van der Waals surface area contributed by atoms with E-state index in [9.17, 15) is 4.79 Å². The number of carbonyl (C=O) groups is 1. The molecule has 0 fully saturated rings. The molecule has 0 aliphatic carbocycles. The van der Waals surface area contributed by atoms with Gasteiger partial charge in [-0.05, 0) is 33.6 Å². The molecule has 94 valence electrons. The SMILES string of the molecule is CCCCCC=CCOC(=O)OC(C)(C)C. The Bertz CT molecular complexity index is 214. The predicted octanol–water partition coefficient (Wildman–Crippen LogP) is 4.07. The Morgan fingerprint density at radius 1 is 1.19 bits per heavy atom. The van der Waals surface area contributed by atoms with Gasteiger partial charge < -0.3 is 9.47 Å². The lowest BCUT2D eigenvalue weighted by molar-refractivity contribution is -0.00243. The van der Waals surface area contributed by atoms with Gasteiger partial charge in [0.25, 0.3) is 0 Å². The summed E-state index contributed by atoms with van der Waals surface area (Å²) >= 11 is 0. The third-order valence-corrected chi connectivity index (χ3v) is 1.83. The molecule has 0 amide bonds. The second kappa shape index (κ2) is 8.20. The van der Waals surface area contributed by atoms with Crippen molar-refractivity contribution in [1.82, 2.24) is 0 Å². The summed E-state index contributed by atoms with van der Waals surface area (Å²) in [5.41, 5.74) is -0.484. The van der Waals surface area contributed by atoms with E-state index in [1.165, 1.54) is 19.3 Å². The standard InChI is InChI=1S/C13H24O3/c1-5-6-7-8-9-10-11-15-12(14)16-13(2,3)4/h9-10H,5-8,11H2,1-4H3. The molecule has 16 heavy (non-hydrogen) atoms. The molecular formula is C13H24O3. The van der Waals surface area contributed by atoms with E-state index >= 15 is 0 Å². The maximum absolute atomic E-state index is 11.1. The second-order valence-electron chi connectivity index (χ2n) is 4.74. The van der Waals surface area contributed by atoms with Gasteiger partial charge in [0.15, 0.2) is 0 Å². The zero-order valence-corrected chi connectivity index (χ0v) is 10.9. The molecule has 0 aromatic rings. The quantitative estimate of drug-likeness (QED) is 0.390. The van der Waals surface area contributed by atoms with E-state index in [0.29, 0.717) is 6.61 Å². The summed E-state index contributed by atoms with van der Waals surface area (Å²) in [4.78, 5) is 11.1. The van der Waals surface area contributed by atoms with E-state index in [0.717, 1.165) is 6.42 Å². The van der Waals surface area contributed by atoms with Crippen LogP contribution >= 0.6 is 0 Å². The van der Waals surface area contributed by atoms with Crippen LogP contribution in [0.25, 0.3) is 0 Å². The first kappa shape index (κ1) is 15.0. The molecule has 0 bridgehead atoms. The summed E-state index contributed by atoms with van der Waals surface area (Å²) < 4.78 is 9.86. The summed E-state index contributed by atoms with van der Waals surface area (Å²) in [6.07, 6.45) is 8.01. The van der Waals surface area contributed by atoms with Gasteiger partial charge in [-0.15, -0.1) is 0 Å². The van der Waals surface area contributed by atoms with Gasteiger partial charge in [0.2, 0.25) is 0 Å². The van der Waals surface area contributed by atoms with Crippen LogP contribution in [0.4, 0.5) is 4.79 Å². The fourth-order valence-electron chi connectivity index (χ4n) is 1.09. The number of ether oxygens (including phenoxy) is 2. The van der Waals surface area contributed by atoms with Crippen molar-refractivity contribution in [3.63, 3.8) is 0 Å². The topological polar surface area (TPSA) is 35.5 Å². The summed E-state index contributed by atoms with van der Waals surface area (Å²) in [6, 6.07) is 0. The van der Waals surface area contributed by atoms with Gasteiger partial charge in [0, 0.05) is 0 Å². The lowest BCUT2D eigenvalue weighted by atomic mass is 10.2. The molecule has 3 heteroatoms. The van der Waals surface area contributed by atoms with Gasteiger partial charge in [0.05, 0.1) is 0 Å². The molecule has 0 aliphatic heterocycles. The van der Waals surface area contributed by atoms with Crippen molar-refractivity contribution in [1.29, 1.82) is 0 Å². The summed E-state index contributed by atoms with van der Waals surface area (Å²) in [5, 5.41) is 0. The zero-order valence-electron chi connectivity index (χ0n) is 10.9. The minimum Gasteiger partial charge on any atom is -0.430 e. The van der Waals surface area contributed by atoms with Gasteiger partial charge >= 0.3 is 6.16 Å². The van der Waals surface area contributed by atoms with Crippen molar-refractivity contribution in [3.05, 3.63) is 12.2 Å². The lowest BCUT2D eigenvalue weighted by Gasteiger charge is -2.18. The molecule has 0 saturated carbocycles. The third-order valence-electron chi connectivity index (χ3n) is 1.83. The molecule has 0 aliphatic rings. The first-order valence-electron chi connectivity index (χ1n) is 5.96. The van der Waals surface area contributed by atoms with Crippen LogP contribution in [-0.2, 0) is 9.47 Å². The van der Waals surface area contributed by atoms with Crippen molar-refractivity contribution >= 4 is 6.16 Å². The van der Waals surface area contributed by atoms with E-state index in [1.807, 2.05) is 32.9 Å². The number of hydrogen-bond acceptors (Lipinski definition) is 3. The lowest BCUT2D eigenvalue weighted by Crippen LogP contribution is -2.24. The minimum atomic E-state index is -0.606. The number of allylic oxidation sites excluding steroid dienone is 1. The van der Waals surface area contributed by atoms with Crippen molar-refractivity contribution in [2.24, 2.45) is 0 Å². The van der Waals surface area contributed by atoms with Crippen molar-refractivity contribution < 1.29 is 14.3 Å². The van der Waals surface area contributed by atoms with E-state index in [4.69, 9.17) is 9.47 Å². The maximum Gasteiger partial charge on any atom is 0.509 e. The molecule has 0 atom stereocenters. The average molecular weight is 228 g/mol. The molecule has 0 saturated heterocycles. The fraction of sp³-hybridized carbons (Fsp3) is 0.769. The van der Waals surface area contributed by atoms with Crippen LogP contribution < -0.4 is 0 Å². The Morgan fingerprint density at radius 3 is 2.44 bits per heavy atom. The second-order valence-corrected chi connectivity index (χ2v) is 4.74. The number of carbonyl (C=O) groups excluding carboxylic acids is 1. The Kier molecular flexibility index (Phi) is 7.69. The minimum absolute atomic E-state index is 0.293. The summed E-state index contributed by atoms with van der Waals surface area (Å²) in [7, 11) is 0. The van der Waals surface area contributed by atoms with Crippen molar-refractivity contribution in [3.8, 4) is 0 Å². The smallest absolute Gasteiger partial charge is 0.430 e. The van der Waals surface area contributed by atoms with Gasteiger partial charge in [-0.3, -0.25) is 0 Å². The molecule has 0 rings (SSSR count).